The molecule has 0 bridgehead atoms. The van der Waals surface area contributed by atoms with Gasteiger partial charge in [0, 0.05) is 22.8 Å². The zero-order valence-corrected chi connectivity index (χ0v) is 13.4. The number of rotatable bonds is 5. The molecule has 2 aromatic rings. The van der Waals surface area contributed by atoms with E-state index in [4.69, 9.17) is 16.3 Å². The quantitative estimate of drug-likeness (QED) is 0.507. The predicted molar refractivity (Wildman–Crippen MR) is 88.2 cm³/mol. The van der Waals surface area contributed by atoms with Crippen LogP contribution >= 0.6 is 11.6 Å². The van der Waals surface area contributed by atoms with Gasteiger partial charge in [-0.2, -0.15) is 0 Å². The number of aryl methyl sites for hydroxylation is 1. The van der Waals surface area contributed by atoms with Gasteiger partial charge in [-0.25, -0.2) is 4.79 Å². The molecule has 2 aromatic carbocycles. The summed E-state index contributed by atoms with van der Waals surface area (Å²) in [6, 6.07) is 10.1. The third-order valence-electron chi connectivity index (χ3n) is 3.11. The molecule has 0 aliphatic heterocycles. The summed E-state index contributed by atoms with van der Waals surface area (Å²) in [7, 11) is 0. The molecule has 0 saturated carbocycles. The standard InChI is InChI=1S/C16H13ClN2O5/c1-10-8-13(19(22)23)6-7-14(10)18-15(20)9-24-16(21)11-2-4-12(17)5-3-11/h2-8H,9H2,1H3,(H,18,20). The van der Waals surface area contributed by atoms with E-state index in [1.165, 1.54) is 30.3 Å². The van der Waals surface area contributed by atoms with Gasteiger partial charge in [-0.3, -0.25) is 14.9 Å². The van der Waals surface area contributed by atoms with Crippen molar-refractivity contribution in [1.29, 1.82) is 0 Å². The Kier molecular flexibility index (Phi) is 5.49. The van der Waals surface area contributed by atoms with E-state index >= 15 is 0 Å². The van der Waals surface area contributed by atoms with E-state index in [9.17, 15) is 19.7 Å². The highest BCUT2D eigenvalue weighted by molar-refractivity contribution is 6.30. The largest absolute Gasteiger partial charge is 0.452 e. The number of carbonyl (C=O) groups excluding carboxylic acids is 2. The summed E-state index contributed by atoms with van der Waals surface area (Å²) >= 11 is 5.72. The fourth-order valence-corrected chi connectivity index (χ4v) is 2.01. The number of amides is 1. The van der Waals surface area contributed by atoms with Gasteiger partial charge in [0.05, 0.1) is 10.5 Å². The minimum atomic E-state index is -0.651. The third kappa shape index (κ3) is 4.53. The number of nitro benzene ring substituents is 1. The molecule has 2 rings (SSSR count). The molecule has 0 fully saturated rings. The minimum absolute atomic E-state index is 0.0698. The van der Waals surface area contributed by atoms with Crippen molar-refractivity contribution in [3.8, 4) is 0 Å². The van der Waals surface area contributed by atoms with Crippen LogP contribution in [-0.2, 0) is 9.53 Å². The molecule has 0 spiro atoms. The number of nitrogens with one attached hydrogen (secondary N) is 1. The van der Waals surface area contributed by atoms with Crippen molar-refractivity contribution < 1.29 is 19.2 Å². The summed E-state index contributed by atoms with van der Waals surface area (Å²) in [6.07, 6.45) is 0. The number of nitrogens with zero attached hydrogens (tertiary/aromatic N) is 1. The first-order valence-electron chi connectivity index (χ1n) is 6.84. The van der Waals surface area contributed by atoms with Crippen LogP contribution in [0.4, 0.5) is 11.4 Å². The highest BCUT2D eigenvalue weighted by Crippen LogP contribution is 2.21. The maximum Gasteiger partial charge on any atom is 0.338 e. The van der Waals surface area contributed by atoms with Crippen LogP contribution in [-0.4, -0.2) is 23.4 Å². The molecule has 1 amide bonds. The van der Waals surface area contributed by atoms with Crippen LogP contribution in [0.1, 0.15) is 15.9 Å². The van der Waals surface area contributed by atoms with Gasteiger partial charge < -0.3 is 10.1 Å². The first-order chi connectivity index (χ1) is 11.4. The summed E-state index contributed by atoms with van der Waals surface area (Å²) < 4.78 is 4.90. The van der Waals surface area contributed by atoms with Crippen molar-refractivity contribution in [3.63, 3.8) is 0 Å². The minimum Gasteiger partial charge on any atom is -0.452 e. The Hall–Kier alpha value is -2.93. The van der Waals surface area contributed by atoms with Gasteiger partial charge in [-0.15, -0.1) is 0 Å². The normalized spacial score (nSPS) is 10.1. The lowest BCUT2D eigenvalue weighted by molar-refractivity contribution is -0.384. The second-order valence-corrected chi connectivity index (χ2v) is 5.32. The highest BCUT2D eigenvalue weighted by atomic mass is 35.5. The summed E-state index contributed by atoms with van der Waals surface area (Å²) in [5, 5.41) is 13.7. The third-order valence-corrected chi connectivity index (χ3v) is 3.36. The summed E-state index contributed by atoms with van der Waals surface area (Å²) in [4.78, 5) is 33.8. The van der Waals surface area contributed by atoms with E-state index in [1.807, 2.05) is 0 Å². The average Bonchev–Trinajstić information content (AvgIpc) is 2.55. The Morgan fingerprint density at radius 2 is 1.88 bits per heavy atom. The van der Waals surface area contributed by atoms with Crippen LogP contribution in [0.2, 0.25) is 5.02 Å². The fourth-order valence-electron chi connectivity index (χ4n) is 1.89. The van der Waals surface area contributed by atoms with E-state index in [0.29, 0.717) is 16.3 Å². The maximum absolute atomic E-state index is 11.8. The predicted octanol–water partition coefficient (Wildman–Crippen LogP) is 3.35. The van der Waals surface area contributed by atoms with Gasteiger partial charge in [-0.1, -0.05) is 11.6 Å². The Morgan fingerprint density at radius 3 is 2.46 bits per heavy atom. The van der Waals surface area contributed by atoms with Crippen LogP contribution in [0.15, 0.2) is 42.5 Å². The fraction of sp³-hybridized carbons (Fsp3) is 0.125. The van der Waals surface area contributed by atoms with E-state index in [-0.39, 0.29) is 11.3 Å². The first-order valence-corrected chi connectivity index (χ1v) is 7.22. The molecule has 0 heterocycles. The van der Waals surface area contributed by atoms with Crippen molar-refractivity contribution in [3.05, 3.63) is 68.7 Å². The number of esters is 1. The van der Waals surface area contributed by atoms with Crippen LogP contribution in [0.5, 0.6) is 0 Å². The molecule has 8 heteroatoms. The molecule has 24 heavy (non-hydrogen) atoms. The van der Waals surface area contributed by atoms with Crippen LogP contribution in [0, 0.1) is 17.0 Å². The van der Waals surface area contributed by atoms with E-state index in [1.54, 1.807) is 19.1 Å². The molecule has 0 radical (unpaired) electrons. The SMILES string of the molecule is Cc1cc([N+](=O)[O-])ccc1NC(=O)COC(=O)c1ccc(Cl)cc1. The number of carbonyl (C=O) groups is 2. The summed E-state index contributed by atoms with van der Waals surface area (Å²) in [5.74, 6) is -1.20. The van der Waals surface area contributed by atoms with Crippen LogP contribution in [0.3, 0.4) is 0 Å². The lowest BCUT2D eigenvalue weighted by atomic mass is 10.2. The molecular weight excluding hydrogens is 336 g/mol. The van der Waals surface area contributed by atoms with Gasteiger partial charge in [0.15, 0.2) is 6.61 Å². The molecule has 0 aliphatic carbocycles. The molecule has 0 aromatic heterocycles. The Bertz CT molecular complexity index is 790. The second-order valence-electron chi connectivity index (χ2n) is 4.89. The number of hydrogen-bond donors (Lipinski definition) is 1. The summed E-state index contributed by atoms with van der Waals surface area (Å²) in [6.45, 7) is 1.15. The molecule has 124 valence electrons. The van der Waals surface area contributed by atoms with E-state index < -0.39 is 23.4 Å². The van der Waals surface area contributed by atoms with E-state index in [0.717, 1.165) is 0 Å². The molecule has 0 unspecified atom stereocenters. The second kappa shape index (κ2) is 7.56. The lowest BCUT2D eigenvalue weighted by Crippen LogP contribution is -2.21. The zero-order chi connectivity index (χ0) is 17.7. The van der Waals surface area contributed by atoms with Gasteiger partial charge in [0.25, 0.3) is 11.6 Å². The first kappa shape index (κ1) is 17.4. The van der Waals surface area contributed by atoms with Gasteiger partial charge >= 0.3 is 5.97 Å². The zero-order valence-electron chi connectivity index (χ0n) is 12.6. The van der Waals surface area contributed by atoms with Crippen molar-refractivity contribution in [2.75, 3.05) is 11.9 Å². The Morgan fingerprint density at radius 1 is 1.21 bits per heavy atom. The number of hydrogen-bond acceptors (Lipinski definition) is 5. The molecule has 7 nitrogen and oxygen atoms in total. The molecular formula is C16H13ClN2O5. The number of benzene rings is 2. The topological polar surface area (TPSA) is 98.5 Å². The Labute approximate surface area is 142 Å². The number of non-ortho nitro benzene ring substituents is 1. The number of nitro groups is 1. The van der Waals surface area contributed by atoms with E-state index in [2.05, 4.69) is 5.32 Å². The van der Waals surface area contributed by atoms with Crippen molar-refractivity contribution in [2.45, 2.75) is 6.92 Å². The molecule has 0 aliphatic rings. The monoisotopic (exact) mass is 348 g/mol. The van der Waals surface area contributed by atoms with Crippen LogP contribution in [0.25, 0.3) is 0 Å². The van der Waals surface area contributed by atoms with Crippen molar-refractivity contribution in [2.24, 2.45) is 0 Å². The number of anilines is 1. The highest BCUT2D eigenvalue weighted by Gasteiger charge is 2.13. The molecule has 0 saturated heterocycles. The van der Waals surface area contributed by atoms with Gasteiger partial charge in [0.1, 0.15) is 0 Å². The van der Waals surface area contributed by atoms with Crippen molar-refractivity contribution >= 4 is 34.9 Å². The van der Waals surface area contributed by atoms with Gasteiger partial charge in [0.2, 0.25) is 0 Å². The molecule has 0 atom stereocenters. The number of ether oxygens (including phenoxy) is 1. The maximum atomic E-state index is 11.8. The summed E-state index contributed by atoms with van der Waals surface area (Å²) in [5.41, 5.74) is 1.15. The van der Waals surface area contributed by atoms with Crippen molar-refractivity contribution in [1.82, 2.24) is 0 Å². The van der Waals surface area contributed by atoms with Crippen LogP contribution < -0.4 is 5.32 Å². The lowest BCUT2D eigenvalue weighted by Gasteiger charge is -2.09. The molecule has 1 N–H and O–H groups in total. The van der Waals surface area contributed by atoms with Gasteiger partial charge in [-0.05, 0) is 42.8 Å². The number of halogens is 1. The Balaban J connectivity index is 1.92. The average molecular weight is 349 g/mol. The smallest absolute Gasteiger partial charge is 0.338 e.